The molecule has 0 aromatic heterocycles. The predicted octanol–water partition coefficient (Wildman–Crippen LogP) is 0.651. The first-order valence-corrected chi connectivity index (χ1v) is 4.50. The van der Waals surface area contributed by atoms with Crippen molar-refractivity contribution in [2.75, 3.05) is 0 Å². The van der Waals surface area contributed by atoms with Crippen molar-refractivity contribution in [1.82, 2.24) is 0 Å². The van der Waals surface area contributed by atoms with Gasteiger partial charge in [0.15, 0.2) is 5.78 Å². The zero-order valence-electron chi connectivity index (χ0n) is 8.34. The van der Waals surface area contributed by atoms with Crippen molar-refractivity contribution in [3.8, 4) is 12.3 Å². The van der Waals surface area contributed by atoms with E-state index in [1.165, 1.54) is 6.92 Å². The van der Waals surface area contributed by atoms with Crippen LogP contribution in [-0.4, -0.2) is 22.1 Å². The molecule has 1 aromatic rings. The third-order valence-electron chi connectivity index (χ3n) is 2.15. The topological polar surface area (TPSA) is 57.5 Å². The highest BCUT2D eigenvalue weighted by molar-refractivity contribution is 5.81. The van der Waals surface area contributed by atoms with Gasteiger partial charge in [0.25, 0.3) is 0 Å². The van der Waals surface area contributed by atoms with E-state index in [1.807, 2.05) is 0 Å². The summed E-state index contributed by atoms with van der Waals surface area (Å²) >= 11 is 0. The van der Waals surface area contributed by atoms with E-state index in [0.717, 1.165) is 0 Å². The fourth-order valence-electron chi connectivity index (χ4n) is 1.28. The van der Waals surface area contributed by atoms with Gasteiger partial charge in [0, 0.05) is 5.56 Å². The highest BCUT2D eigenvalue weighted by Crippen LogP contribution is 2.20. The van der Waals surface area contributed by atoms with Gasteiger partial charge in [0.05, 0.1) is 0 Å². The molecule has 3 nitrogen and oxygen atoms in total. The number of terminal acetylenes is 1. The third-order valence-corrected chi connectivity index (χ3v) is 2.15. The Bertz CT molecular complexity index is 404. The minimum atomic E-state index is -1.43. The first kappa shape index (κ1) is 11.4. The quantitative estimate of drug-likeness (QED) is 0.711. The molecule has 1 aromatic carbocycles. The molecule has 0 unspecified atom stereocenters. The number of hydrogen-bond acceptors (Lipinski definition) is 3. The monoisotopic (exact) mass is 204 g/mol. The summed E-state index contributed by atoms with van der Waals surface area (Å²) in [6, 6.07) is 6.65. The van der Waals surface area contributed by atoms with Crippen molar-refractivity contribution in [3.05, 3.63) is 35.4 Å². The maximum Gasteiger partial charge on any atom is 0.161 e. The Labute approximate surface area is 88.4 Å². The van der Waals surface area contributed by atoms with E-state index in [2.05, 4.69) is 5.92 Å². The molecular formula is C12H12O3. The van der Waals surface area contributed by atoms with Gasteiger partial charge in [0.2, 0.25) is 0 Å². The van der Waals surface area contributed by atoms with E-state index in [4.69, 9.17) is 6.42 Å². The molecule has 78 valence electrons. The molecule has 0 saturated carbocycles. The van der Waals surface area contributed by atoms with E-state index < -0.39 is 18.0 Å². The van der Waals surface area contributed by atoms with Gasteiger partial charge in [0.1, 0.15) is 12.2 Å². The summed E-state index contributed by atoms with van der Waals surface area (Å²) in [7, 11) is 0. The number of benzene rings is 1. The van der Waals surface area contributed by atoms with E-state index in [0.29, 0.717) is 11.1 Å². The van der Waals surface area contributed by atoms with Crippen molar-refractivity contribution in [2.45, 2.75) is 19.1 Å². The molecule has 0 heterocycles. The summed E-state index contributed by atoms with van der Waals surface area (Å²) in [6.45, 7) is 1.21. The second kappa shape index (κ2) is 4.74. The molecule has 15 heavy (non-hydrogen) atoms. The molecule has 2 N–H and O–H groups in total. The third kappa shape index (κ3) is 2.44. The number of rotatable bonds is 3. The van der Waals surface area contributed by atoms with Crippen LogP contribution >= 0.6 is 0 Å². The maximum absolute atomic E-state index is 10.9. The average molecular weight is 204 g/mol. The number of Topliss-reactive ketones (excluding diaryl/α,β-unsaturated/α-hetero) is 1. The molecule has 0 bridgehead atoms. The first-order chi connectivity index (χ1) is 7.07. The Hall–Kier alpha value is -1.63. The van der Waals surface area contributed by atoms with Crippen LogP contribution in [0.1, 0.15) is 24.2 Å². The van der Waals surface area contributed by atoms with Crippen LogP contribution in [0.2, 0.25) is 0 Å². The molecule has 2 atom stereocenters. The lowest BCUT2D eigenvalue weighted by Gasteiger charge is -2.16. The fourth-order valence-corrected chi connectivity index (χ4v) is 1.28. The Morgan fingerprint density at radius 1 is 1.40 bits per heavy atom. The van der Waals surface area contributed by atoms with Gasteiger partial charge < -0.3 is 10.2 Å². The SMILES string of the molecule is C#Cc1ccccc1[C@H](O)[C@H](O)C(C)=O. The van der Waals surface area contributed by atoms with Crippen LogP contribution in [0.15, 0.2) is 24.3 Å². The zero-order valence-corrected chi connectivity index (χ0v) is 8.34. The van der Waals surface area contributed by atoms with Crippen LogP contribution in [0.25, 0.3) is 0 Å². The number of carbonyl (C=O) groups excluding carboxylic acids is 1. The summed E-state index contributed by atoms with van der Waals surface area (Å²) in [6.07, 6.45) is 2.54. The number of aliphatic hydroxyl groups excluding tert-OH is 2. The summed E-state index contributed by atoms with van der Waals surface area (Å²) in [5.41, 5.74) is 0.869. The Kier molecular flexibility index (Phi) is 3.62. The number of carbonyl (C=O) groups is 1. The smallest absolute Gasteiger partial charge is 0.161 e. The van der Waals surface area contributed by atoms with E-state index >= 15 is 0 Å². The molecular weight excluding hydrogens is 192 g/mol. The lowest BCUT2D eigenvalue weighted by molar-refractivity contribution is -0.130. The lowest BCUT2D eigenvalue weighted by Crippen LogP contribution is -2.26. The molecule has 3 heteroatoms. The van der Waals surface area contributed by atoms with E-state index in [9.17, 15) is 15.0 Å². The molecule has 0 fully saturated rings. The van der Waals surface area contributed by atoms with E-state index in [1.54, 1.807) is 24.3 Å². The second-order valence-electron chi connectivity index (χ2n) is 3.23. The zero-order chi connectivity index (χ0) is 11.4. The van der Waals surface area contributed by atoms with Gasteiger partial charge in [-0.1, -0.05) is 24.1 Å². The van der Waals surface area contributed by atoms with Crippen LogP contribution in [-0.2, 0) is 4.79 Å². The van der Waals surface area contributed by atoms with Gasteiger partial charge >= 0.3 is 0 Å². The van der Waals surface area contributed by atoms with Crippen molar-refractivity contribution < 1.29 is 15.0 Å². The summed E-state index contributed by atoms with van der Waals surface area (Å²) < 4.78 is 0. The van der Waals surface area contributed by atoms with Gasteiger partial charge in [-0.25, -0.2) is 0 Å². The van der Waals surface area contributed by atoms with Crippen LogP contribution in [0, 0.1) is 12.3 Å². The van der Waals surface area contributed by atoms with Gasteiger partial charge in [-0.3, -0.25) is 4.79 Å². The van der Waals surface area contributed by atoms with Crippen LogP contribution < -0.4 is 0 Å². The van der Waals surface area contributed by atoms with Crippen molar-refractivity contribution in [2.24, 2.45) is 0 Å². The van der Waals surface area contributed by atoms with Crippen LogP contribution in [0.5, 0.6) is 0 Å². The summed E-state index contributed by atoms with van der Waals surface area (Å²) in [5, 5.41) is 19.1. The number of hydrogen-bond donors (Lipinski definition) is 2. The standard InChI is InChI=1S/C12H12O3/c1-3-9-6-4-5-7-10(9)12(15)11(14)8(2)13/h1,4-7,11-12,14-15H,2H3/t11-,12+/m1/s1. The Balaban J connectivity index is 3.06. The van der Waals surface area contributed by atoms with Crippen molar-refractivity contribution in [1.29, 1.82) is 0 Å². The molecule has 0 amide bonds. The first-order valence-electron chi connectivity index (χ1n) is 4.50. The average Bonchev–Trinajstić information content (AvgIpc) is 2.26. The minimum Gasteiger partial charge on any atom is -0.385 e. The molecule has 0 radical (unpaired) electrons. The summed E-state index contributed by atoms with van der Waals surface area (Å²) in [4.78, 5) is 10.9. The largest absolute Gasteiger partial charge is 0.385 e. The van der Waals surface area contributed by atoms with Gasteiger partial charge in [-0.05, 0) is 18.6 Å². The van der Waals surface area contributed by atoms with Crippen molar-refractivity contribution >= 4 is 5.78 Å². The highest BCUT2D eigenvalue weighted by atomic mass is 16.3. The predicted molar refractivity (Wildman–Crippen MR) is 56.0 cm³/mol. The highest BCUT2D eigenvalue weighted by Gasteiger charge is 2.23. The number of aliphatic hydroxyl groups is 2. The molecule has 0 saturated heterocycles. The van der Waals surface area contributed by atoms with Crippen LogP contribution in [0.4, 0.5) is 0 Å². The number of ketones is 1. The van der Waals surface area contributed by atoms with Gasteiger partial charge in [-0.15, -0.1) is 6.42 Å². The fraction of sp³-hybridized carbons (Fsp3) is 0.250. The second-order valence-corrected chi connectivity index (χ2v) is 3.23. The van der Waals surface area contributed by atoms with Crippen molar-refractivity contribution in [3.63, 3.8) is 0 Å². The van der Waals surface area contributed by atoms with Gasteiger partial charge in [-0.2, -0.15) is 0 Å². The maximum atomic E-state index is 10.9. The molecule has 0 aliphatic carbocycles. The Morgan fingerprint density at radius 2 is 2.00 bits per heavy atom. The summed E-state index contributed by atoms with van der Waals surface area (Å²) in [5.74, 6) is 1.90. The molecule has 0 spiro atoms. The Morgan fingerprint density at radius 3 is 2.53 bits per heavy atom. The molecule has 0 aliphatic rings. The minimum absolute atomic E-state index is 0.391. The normalized spacial score (nSPS) is 14.0. The van der Waals surface area contributed by atoms with Crippen LogP contribution in [0.3, 0.4) is 0 Å². The molecule has 0 aliphatic heterocycles. The lowest BCUT2D eigenvalue weighted by atomic mass is 9.97. The van der Waals surface area contributed by atoms with E-state index in [-0.39, 0.29) is 0 Å². The molecule has 1 rings (SSSR count).